The highest BCUT2D eigenvalue weighted by molar-refractivity contribution is 5.97. The molecular formula is C15H21FN2O3. The minimum absolute atomic E-state index is 0.236. The van der Waals surface area contributed by atoms with Gasteiger partial charge in [0.25, 0.3) is 0 Å². The van der Waals surface area contributed by atoms with E-state index in [1.54, 1.807) is 27.7 Å². The van der Waals surface area contributed by atoms with Crippen LogP contribution in [0.2, 0.25) is 0 Å². The van der Waals surface area contributed by atoms with Crippen LogP contribution in [0.15, 0.2) is 18.2 Å². The largest absolute Gasteiger partial charge is 0.465 e. The molecule has 0 radical (unpaired) electrons. The van der Waals surface area contributed by atoms with Gasteiger partial charge in [-0.3, -0.25) is 4.79 Å². The number of halogens is 1. The normalized spacial score (nSPS) is 12.0. The average molecular weight is 296 g/mol. The van der Waals surface area contributed by atoms with Crippen LogP contribution < -0.4 is 11.1 Å². The first-order chi connectivity index (χ1) is 9.50. The maximum absolute atomic E-state index is 13.5. The van der Waals surface area contributed by atoms with Gasteiger partial charge in [0.1, 0.15) is 5.82 Å². The Kier molecular flexibility index (Phi) is 4.73. The number of hydrogen-bond acceptors (Lipinski definition) is 4. The van der Waals surface area contributed by atoms with Gasteiger partial charge in [-0.25, -0.2) is 9.18 Å². The monoisotopic (exact) mass is 296 g/mol. The number of hydrogen-bond donors (Lipinski definition) is 2. The lowest BCUT2D eigenvalue weighted by Gasteiger charge is -2.36. The van der Waals surface area contributed by atoms with E-state index < -0.39 is 22.7 Å². The van der Waals surface area contributed by atoms with Gasteiger partial charge >= 0.3 is 5.97 Å². The summed E-state index contributed by atoms with van der Waals surface area (Å²) in [6.07, 6.45) is 0. The van der Waals surface area contributed by atoms with Crippen LogP contribution in [-0.2, 0) is 9.53 Å². The molecule has 0 aliphatic rings. The Labute approximate surface area is 123 Å². The van der Waals surface area contributed by atoms with Crippen molar-refractivity contribution in [1.29, 1.82) is 0 Å². The molecule has 6 heteroatoms. The number of amides is 1. The van der Waals surface area contributed by atoms with Crippen molar-refractivity contribution in [3.05, 3.63) is 29.6 Å². The summed E-state index contributed by atoms with van der Waals surface area (Å²) in [5, 5.41) is 2.64. The van der Waals surface area contributed by atoms with E-state index >= 15 is 0 Å². The molecule has 1 rings (SSSR count). The van der Waals surface area contributed by atoms with Crippen molar-refractivity contribution in [2.45, 2.75) is 33.2 Å². The SMILES string of the molecule is COC(=O)c1cc(NC(=O)C(C)(C)C(C)(C)N)ccc1F. The molecule has 0 atom stereocenters. The maximum Gasteiger partial charge on any atom is 0.340 e. The van der Waals surface area contributed by atoms with Crippen molar-refractivity contribution in [3.8, 4) is 0 Å². The molecule has 0 unspecified atom stereocenters. The highest BCUT2D eigenvalue weighted by atomic mass is 19.1. The average Bonchev–Trinajstić information content (AvgIpc) is 2.38. The Morgan fingerprint density at radius 2 is 1.81 bits per heavy atom. The van der Waals surface area contributed by atoms with Crippen molar-refractivity contribution in [2.24, 2.45) is 11.1 Å². The molecule has 0 aliphatic carbocycles. The maximum atomic E-state index is 13.5. The van der Waals surface area contributed by atoms with Crippen LogP contribution >= 0.6 is 0 Å². The van der Waals surface area contributed by atoms with E-state index in [9.17, 15) is 14.0 Å². The standard InChI is InChI=1S/C15H21FN2O3/c1-14(2,15(3,4)17)13(20)18-9-6-7-11(16)10(8-9)12(19)21-5/h6-8H,17H2,1-5H3,(H,18,20). The van der Waals surface area contributed by atoms with Crippen molar-refractivity contribution in [3.63, 3.8) is 0 Å². The van der Waals surface area contributed by atoms with Gasteiger partial charge in [-0.1, -0.05) is 0 Å². The number of methoxy groups -OCH3 is 1. The Balaban J connectivity index is 3.05. The molecule has 0 spiro atoms. The lowest BCUT2D eigenvalue weighted by Crippen LogP contribution is -2.53. The van der Waals surface area contributed by atoms with E-state index in [1.165, 1.54) is 12.1 Å². The number of benzene rings is 1. The number of carbonyl (C=O) groups is 2. The third-order valence-corrected chi connectivity index (χ3v) is 3.81. The molecule has 21 heavy (non-hydrogen) atoms. The molecule has 1 aromatic carbocycles. The topological polar surface area (TPSA) is 81.4 Å². The number of nitrogens with two attached hydrogens (primary N) is 1. The summed E-state index contributed by atoms with van der Waals surface area (Å²) in [4.78, 5) is 23.7. The van der Waals surface area contributed by atoms with Crippen molar-refractivity contribution >= 4 is 17.6 Å². The lowest BCUT2D eigenvalue weighted by atomic mass is 9.74. The van der Waals surface area contributed by atoms with Crippen LogP contribution in [0.4, 0.5) is 10.1 Å². The number of carbonyl (C=O) groups excluding carboxylic acids is 2. The predicted octanol–water partition coefficient (Wildman–Crippen LogP) is 2.31. The van der Waals surface area contributed by atoms with Crippen LogP contribution in [-0.4, -0.2) is 24.5 Å². The predicted molar refractivity (Wildman–Crippen MR) is 78.4 cm³/mol. The van der Waals surface area contributed by atoms with Crippen molar-refractivity contribution < 1.29 is 18.7 Å². The molecule has 0 fully saturated rings. The zero-order chi connectivity index (χ0) is 16.4. The van der Waals surface area contributed by atoms with Crippen LogP contribution in [0.25, 0.3) is 0 Å². The highest BCUT2D eigenvalue weighted by Crippen LogP contribution is 2.30. The van der Waals surface area contributed by atoms with E-state index in [4.69, 9.17) is 5.73 Å². The summed E-state index contributed by atoms with van der Waals surface area (Å²) < 4.78 is 18.0. The van der Waals surface area contributed by atoms with Crippen LogP contribution in [0.3, 0.4) is 0 Å². The van der Waals surface area contributed by atoms with Crippen LogP contribution in [0.1, 0.15) is 38.1 Å². The van der Waals surface area contributed by atoms with Gasteiger partial charge in [-0.05, 0) is 45.9 Å². The smallest absolute Gasteiger partial charge is 0.340 e. The number of nitrogens with one attached hydrogen (secondary N) is 1. The summed E-state index contributed by atoms with van der Waals surface area (Å²) in [6, 6.07) is 3.71. The second-order valence-electron chi connectivity index (χ2n) is 5.99. The molecule has 0 aromatic heterocycles. The van der Waals surface area contributed by atoms with Gasteiger partial charge in [0, 0.05) is 11.2 Å². The van der Waals surface area contributed by atoms with Crippen molar-refractivity contribution in [2.75, 3.05) is 12.4 Å². The molecule has 5 nitrogen and oxygen atoms in total. The zero-order valence-corrected chi connectivity index (χ0v) is 12.9. The first kappa shape index (κ1) is 17.1. The first-order valence-corrected chi connectivity index (χ1v) is 6.49. The summed E-state index contributed by atoms with van der Waals surface area (Å²) in [5.74, 6) is -1.84. The lowest BCUT2D eigenvalue weighted by molar-refractivity contribution is -0.126. The van der Waals surface area contributed by atoms with E-state index in [0.29, 0.717) is 5.69 Å². The Morgan fingerprint density at radius 1 is 1.24 bits per heavy atom. The van der Waals surface area contributed by atoms with E-state index in [-0.39, 0.29) is 11.5 Å². The fraction of sp³-hybridized carbons (Fsp3) is 0.467. The van der Waals surface area contributed by atoms with Crippen LogP contribution in [0.5, 0.6) is 0 Å². The minimum Gasteiger partial charge on any atom is -0.465 e. The van der Waals surface area contributed by atoms with Gasteiger partial charge in [0.05, 0.1) is 18.1 Å². The number of ether oxygens (including phenoxy) is 1. The molecular weight excluding hydrogens is 275 g/mol. The molecule has 116 valence electrons. The molecule has 1 aromatic rings. The Bertz CT molecular complexity index is 563. The molecule has 0 aliphatic heterocycles. The van der Waals surface area contributed by atoms with Crippen LogP contribution in [0, 0.1) is 11.2 Å². The fourth-order valence-electron chi connectivity index (χ4n) is 1.45. The van der Waals surface area contributed by atoms with Gasteiger partial charge in [-0.2, -0.15) is 0 Å². The minimum atomic E-state index is -0.854. The number of rotatable bonds is 4. The zero-order valence-electron chi connectivity index (χ0n) is 12.9. The van der Waals surface area contributed by atoms with Gasteiger partial charge in [-0.15, -0.1) is 0 Å². The number of anilines is 1. The summed E-state index contributed by atoms with van der Waals surface area (Å²) in [6.45, 7) is 6.92. The third-order valence-electron chi connectivity index (χ3n) is 3.81. The molecule has 1 amide bonds. The fourth-order valence-corrected chi connectivity index (χ4v) is 1.45. The first-order valence-electron chi connectivity index (χ1n) is 6.49. The molecule has 0 saturated carbocycles. The Hall–Kier alpha value is -1.95. The second kappa shape index (κ2) is 5.81. The molecule has 0 saturated heterocycles. The third kappa shape index (κ3) is 3.58. The van der Waals surface area contributed by atoms with E-state index in [2.05, 4.69) is 10.1 Å². The molecule has 3 N–H and O–H groups in total. The molecule has 0 heterocycles. The van der Waals surface area contributed by atoms with Gasteiger partial charge < -0.3 is 15.8 Å². The summed E-state index contributed by atoms with van der Waals surface area (Å²) >= 11 is 0. The van der Waals surface area contributed by atoms with Gasteiger partial charge in [0.15, 0.2) is 0 Å². The van der Waals surface area contributed by atoms with Crippen molar-refractivity contribution in [1.82, 2.24) is 0 Å². The quantitative estimate of drug-likeness (QED) is 0.835. The van der Waals surface area contributed by atoms with E-state index in [0.717, 1.165) is 13.2 Å². The summed E-state index contributed by atoms with van der Waals surface area (Å²) in [7, 11) is 1.16. The summed E-state index contributed by atoms with van der Waals surface area (Å²) in [5.41, 5.74) is 4.46. The van der Waals surface area contributed by atoms with E-state index in [1.807, 2.05) is 0 Å². The van der Waals surface area contributed by atoms with Gasteiger partial charge in [0.2, 0.25) is 5.91 Å². The second-order valence-corrected chi connectivity index (χ2v) is 5.99. The highest BCUT2D eigenvalue weighted by Gasteiger charge is 2.40. The number of esters is 1. The molecule has 0 bridgehead atoms. The Morgan fingerprint density at radius 3 is 2.29 bits per heavy atom.